The molecule has 60 valence electrons. The van der Waals surface area contributed by atoms with Crippen molar-refractivity contribution in [1.82, 2.24) is 0 Å². The predicted octanol–water partition coefficient (Wildman–Crippen LogP) is 2.42. The summed E-state index contributed by atoms with van der Waals surface area (Å²) in [5, 5.41) is 0. The molecule has 0 saturated carbocycles. The van der Waals surface area contributed by atoms with Gasteiger partial charge < -0.3 is 0 Å². The van der Waals surface area contributed by atoms with Gasteiger partial charge >= 0.3 is 0 Å². The van der Waals surface area contributed by atoms with Gasteiger partial charge in [-0.3, -0.25) is 9.79 Å². The van der Waals surface area contributed by atoms with Crippen molar-refractivity contribution in [3.05, 3.63) is 10.2 Å². The van der Waals surface area contributed by atoms with E-state index in [1.165, 1.54) is 0 Å². The molecule has 1 aliphatic heterocycles. The first-order valence-electron chi connectivity index (χ1n) is 3.14. The molecule has 0 aromatic carbocycles. The summed E-state index contributed by atoms with van der Waals surface area (Å²) in [5.74, 6) is 0.0509. The zero-order valence-electron chi connectivity index (χ0n) is 6.19. The average Bonchev–Trinajstić information content (AvgIpc) is 1.97. The Morgan fingerprint density at radius 3 is 2.55 bits per heavy atom. The van der Waals surface area contributed by atoms with E-state index in [9.17, 15) is 4.79 Å². The molecule has 1 unspecified atom stereocenters. The Kier molecular flexibility index (Phi) is 2.65. The van der Waals surface area contributed by atoms with E-state index >= 15 is 0 Å². The Morgan fingerprint density at radius 2 is 2.00 bits per heavy atom. The van der Waals surface area contributed by atoms with Gasteiger partial charge in [-0.05, 0) is 29.8 Å². The van der Waals surface area contributed by atoms with Crippen molar-refractivity contribution in [2.75, 3.05) is 0 Å². The van der Waals surface area contributed by atoms with Gasteiger partial charge in [-0.2, -0.15) is 0 Å². The van der Waals surface area contributed by atoms with Crippen molar-refractivity contribution >= 4 is 43.4 Å². The lowest BCUT2D eigenvalue weighted by Gasteiger charge is -2.14. The number of allylic oxidation sites excluding steroid dienone is 2. The Morgan fingerprint density at radius 1 is 1.45 bits per heavy atom. The molecule has 0 aromatic rings. The maximum atomic E-state index is 11.3. The van der Waals surface area contributed by atoms with Crippen molar-refractivity contribution in [3.8, 4) is 0 Å². The van der Waals surface area contributed by atoms with Crippen LogP contribution in [0, 0.1) is 0 Å². The van der Waals surface area contributed by atoms with Gasteiger partial charge in [0.25, 0.3) is 0 Å². The zero-order valence-corrected chi connectivity index (χ0v) is 9.36. The summed E-state index contributed by atoms with van der Waals surface area (Å²) >= 11 is 6.42. The van der Waals surface area contributed by atoms with E-state index in [2.05, 4.69) is 36.9 Å². The van der Waals surface area contributed by atoms with Crippen LogP contribution in [0.2, 0.25) is 0 Å². The molecule has 11 heavy (non-hydrogen) atoms. The summed E-state index contributed by atoms with van der Waals surface area (Å²) in [6.07, 6.45) is 0. The molecule has 4 heteroatoms. The van der Waals surface area contributed by atoms with E-state index in [0.29, 0.717) is 4.48 Å². The van der Waals surface area contributed by atoms with Gasteiger partial charge in [-0.15, -0.1) is 0 Å². The average molecular weight is 281 g/mol. The number of ketones is 1. The molecule has 0 spiro atoms. The molecule has 0 radical (unpaired) electrons. The van der Waals surface area contributed by atoms with Gasteiger partial charge in [0.2, 0.25) is 0 Å². The van der Waals surface area contributed by atoms with Gasteiger partial charge in [0.15, 0.2) is 5.78 Å². The Bertz CT molecular complexity index is 266. The van der Waals surface area contributed by atoms with Gasteiger partial charge in [0, 0.05) is 5.71 Å². The number of carbonyl (C=O) groups is 1. The van der Waals surface area contributed by atoms with E-state index < -0.39 is 0 Å². The lowest BCUT2D eigenvalue weighted by molar-refractivity contribution is -0.113. The quantitative estimate of drug-likeness (QED) is 0.627. The van der Waals surface area contributed by atoms with Crippen molar-refractivity contribution < 1.29 is 4.79 Å². The first-order chi connectivity index (χ1) is 5.04. The van der Waals surface area contributed by atoms with E-state index in [-0.39, 0.29) is 10.6 Å². The molecular formula is C7H7Br2NO. The topological polar surface area (TPSA) is 29.4 Å². The third-order valence-corrected chi connectivity index (χ3v) is 3.52. The second-order valence-electron chi connectivity index (χ2n) is 2.38. The normalized spacial score (nSPS) is 25.6. The van der Waals surface area contributed by atoms with Crippen LogP contribution in [0.4, 0.5) is 0 Å². The standard InChI is InChI=1S/C7H7Br2NO/c1-3-5(8)7(11)6(9)4(2)10-3/h5H,1-2H3. The van der Waals surface area contributed by atoms with Crippen molar-refractivity contribution in [3.63, 3.8) is 0 Å². The van der Waals surface area contributed by atoms with Crippen LogP contribution in [0.5, 0.6) is 0 Å². The summed E-state index contributed by atoms with van der Waals surface area (Å²) in [4.78, 5) is 15.2. The van der Waals surface area contributed by atoms with Crippen LogP contribution in [0.25, 0.3) is 0 Å². The molecule has 2 nitrogen and oxygen atoms in total. The minimum atomic E-state index is -0.249. The Balaban J connectivity index is 3.11. The number of hydrogen-bond acceptors (Lipinski definition) is 2. The van der Waals surface area contributed by atoms with Crippen molar-refractivity contribution in [2.45, 2.75) is 18.7 Å². The lowest BCUT2D eigenvalue weighted by atomic mass is 10.1. The van der Waals surface area contributed by atoms with Crippen LogP contribution >= 0.6 is 31.9 Å². The molecule has 1 atom stereocenters. The van der Waals surface area contributed by atoms with Crippen LogP contribution in [0.3, 0.4) is 0 Å². The van der Waals surface area contributed by atoms with Crippen LogP contribution in [-0.2, 0) is 4.79 Å². The summed E-state index contributed by atoms with van der Waals surface area (Å²) in [5.41, 5.74) is 1.57. The van der Waals surface area contributed by atoms with Crippen LogP contribution in [0.15, 0.2) is 15.2 Å². The van der Waals surface area contributed by atoms with E-state index in [1.54, 1.807) is 0 Å². The number of carbonyl (C=O) groups excluding carboxylic acids is 1. The lowest BCUT2D eigenvalue weighted by Crippen LogP contribution is -2.25. The van der Waals surface area contributed by atoms with E-state index in [4.69, 9.17) is 0 Å². The van der Waals surface area contributed by atoms with Gasteiger partial charge in [0.1, 0.15) is 4.83 Å². The fraction of sp³-hybridized carbons (Fsp3) is 0.429. The fourth-order valence-electron chi connectivity index (χ4n) is 0.850. The minimum absolute atomic E-state index is 0.0509. The van der Waals surface area contributed by atoms with Crippen molar-refractivity contribution in [1.29, 1.82) is 0 Å². The molecule has 0 amide bonds. The summed E-state index contributed by atoms with van der Waals surface area (Å²) in [6.45, 7) is 3.64. The Labute approximate surface area is 82.0 Å². The number of rotatable bonds is 0. The van der Waals surface area contributed by atoms with Crippen LogP contribution in [0.1, 0.15) is 13.8 Å². The monoisotopic (exact) mass is 279 g/mol. The van der Waals surface area contributed by atoms with Gasteiger partial charge in [0.05, 0.1) is 10.2 Å². The molecule has 1 rings (SSSR count). The van der Waals surface area contributed by atoms with Crippen LogP contribution in [-0.4, -0.2) is 16.3 Å². The third-order valence-electron chi connectivity index (χ3n) is 1.48. The minimum Gasteiger partial charge on any atom is -0.292 e. The molecule has 0 N–H and O–H groups in total. The molecule has 0 saturated heterocycles. The summed E-state index contributed by atoms with van der Waals surface area (Å²) in [7, 11) is 0. The summed E-state index contributed by atoms with van der Waals surface area (Å²) in [6, 6.07) is 0. The third kappa shape index (κ3) is 1.62. The second kappa shape index (κ2) is 3.19. The van der Waals surface area contributed by atoms with E-state index in [0.717, 1.165) is 11.4 Å². The number of aliphatic imine (C=N–C) groups is 1. The molecule has 1 aliphatic rings. The highest BCUT2D eigenvalue weighted by Crippen LogP contribution is 2.24. The number of halogens is 2. The smallest absolute Gasteiger partial charge is 0.190 e. The highest BCUT2D eigenvalue weighted by molar-refractivity contribution is 9.12. The van der Waals surface area contributed by atoms with Gasteiger partial charge in [-0.1, -0.05) is 15.9 Å². The van der Waals surface area contributed by atoms with Crippen molar-refractivity contribution in [2.24, 2.45) is 4.99 Å². The SMILES string of the molecule is CC1=NC(C)=C(Br)C(=O)C1Br. The first-order valence-corrected chi connectivity index (χ1v) is 4.84. The Hall–Kier alpha value is 0.0400. The predicted molar refractivity (Wildman–Crippen MR) is 52.5 cm³/mol. The highest BCUT2D eigenvalue weighted by atomic mass is 79.9. The molecule has 0 fully saturated rings. The molecular weight excluding hydrogens is 274 g/mol. The molecule has 0 aliphatic carbocycles. The first kappa shape index (κ1) is 9.13. The number of alkyl halides is 1. The maximum absolute atomic E-state index is 11.3. The second-order valence-corrected chi connectivity index (χ2v) is 4.09. The molecule has 1 heterocycles. The maximum Gasteiger partial charge on any atom is 0.190 e. The summed E-state index contributed by atoms with van der Waals surface area (Å²) < 4.78 is 0.574. The fourth-order valence-corrected chi connectivity index (χ4v) is 1.81. The zero-order chi connectivity index (χ0) is 8.59. The number of Topliss-reactive ketones (excluding diaryl/α,β-unsaturated/α-hetero) is 1. The molecule has 0 aromatic heterocycles. The highest BCUT2D eigenvalue weighted by Gasteiger charge is 2.25. The van der Waals surface area contributed by atoms with E-state index in [1.807, 2.05) is 13.8 Å². The molecule has 0 bridgehead atoms. The number of hydrogen-bond donors (Lipinski definition) is 0. The largest absolute Gasteiger partial charge is 0.292 e. The van der Waals surface area contributed by atoms with Crippen LogP contribution < -0.4 is 0 Å². The number of nitrogens with zero attached hydrogens (tertiary/aromatic N) is 1. The van der Waals surface area contributed by atoms with Gasteiger partial charge in [-0.25, -0.2) is 0 Å².